The molecule has 0 atom stereocenters. The summed E-state index contributed by atoms with van der Waals surface area (Å²) in [6, 6.07) is 3.62. The maximum atomic E-state index is 12.6. The van der Waals surface area contributed by atoms with Gasteiger partial charge in [0.1, 0.15) is 5.75 Å². The van der Waals surface area contributed by atoms with Crippen LogP contribution in [0.4, 0.5) is 8.78 Å². The molecule has 0 heterocycles. The van der Waals surface area contributed by atoms with Crippen molar-refractivity contribution in [2.45, 2.75) is 33.6 Å². The van der Waals surface area contributed by atoms with Gasteiger partial charge in [0.05, 0.1) is 0 Å². The van der Waals surface area contributed by atoms with Crippen LogP contribution in [-0.4, -0.2) is 12.5 Å². The number of ether oxygens (including phenoxy) is 1. The van der Waals surface area contributed by atoms with Crippen molar-refractivity contribution in [1.82, 2.24) is 0 Å². The third kappa shape index (κ3) is 3.18. The van der Waals surface area contributed by atoms with Crippen LogP contribution in [0.3, 0.4) is 0 Å². The Bertz CT molecular complexity index is 353. The van der Waals surface area contributed by atoms with E-state index in [0.29, 0.717) is 5.75 Å². The van der Waals surface area contributed by atoms with Crippen molar-refractivity contribution in [3.05, 3.63) is 28.8 Å². The van der Waals surface area contributed by atoms with Crippen molar-refractivity contribution in [1.29, 1.82) is 0 Å². The van der Waals surface area contributed by atoms with Crippen molar-refractivity contribution >= 4 is 0 Å². The quantitative estimate of drug-likeness (QED) is 0.746. The highest BCUT2D eigenvalue weighted by Crippen LogP contribution is 2.25. The molecule has 3 heteroatoms. The van der Waals surface area contributed by atoms with Gasteiger partial charge < -0.3 is 4.74 Å². The van der Waals surface area contributed by atoms with Gasteiger partial charge in [0.15, 0.2) is 6.61 Å². The summed E-state index contributed by atoms with van der Waals surface area (Å²) in [5, 5.41) is 0. The summed E-state index contributed by atoms with van der Waals surface area (Å²) < 4.78 is 30.3. The lowest BCUT2D eigenvalue weighted by atomic mass is 10.0. The minimum atomic E-state index is -2.79. The van der Waals surface area contributed by atoms with E-state index in [4.69, 9.17) is 4.74 Å². The van der Waals surface area contributed by atoms with Crippen molar-refractivity contribution in [2.75, 3.05) is 6.61 Å². The number of rotatable bonds is 3. The van der Waals surface area contributed by atoms with Crippen LogP contribution in [-0.2, 0) is 0 Å². The van der Waals surface area contributed by atoms with Gasteiger partial charge in [-0.1, -0.05) is 6.07 Å². The third-order valence-corrected chi connectivity index (χ3v) is 2.49. The van der Waals surface area contributed by atoms with Gasteiger partial charge in [-0.15, -0.1) is 0 Å². The second-order valence-corrected chi connectivity index (χ2v) is 3.99. The van der Waals surface area contributed by atoms with Crippen LogP contribution in [0.25, 0.3) is 0 Å². The van der Waals surface area contributed by atoms with Crippen LogP contribution in [0.5, 0.6) is 5.75 Å². The van der Waals surface area contributed by atoms with E-state index in [-0.39, 0.29) is 0 Å². The lowest BCUT2D eigenvalue weighted by molar-refractivity contribution is -0.0231. The predicted molar refractivity (Wildman–Crippen MR) is 56.8 cm³/mol. The van der Waals surface area contributed by atoms with E-state index < -0.39 is 12.5 Å². The summed E-state index contributed by atoms with van der Waals surface area (Å²) in [6.45, 7) is 6.10. The lowest BCUT2D eigenvalue weighted by Crippen LogP contribution is -2.21. The molecule has 84 valence electrons. The zero-order chi connectivity index (χ0) is 11.6. The van der Waals surface area contributed by atoms with E-state index in [1.54, 1.807) is 6.07 Å². The molecule has 0 spiro atoms. The fourth-order valence-electron chi connectivity index (χ4n) is 1.29. The second kappa shape index (κ2) is 4.17. The largest absolute Gasteiger partial charge is 0.487 e. The molecule has 0 aromatic heterocycles. The predicted octanol–water partition coefficient (Wildman–Crippen LogP) is 3.65. The van der Waals surface area contributed by atoms with Crippen LogP contribution < -0.4 is 4.74 Å². The van der Waals surface area contributed by atoms with Crippen LogP contribution in [0, 0.1) is 20.8 Å². The van der Waals surface area contributed by atoms with Gasteiger partial charge in [0.2, 0.25) is 0 Å². The highest BCUT2D eigenvalue weighted by molar-refractivity contribution is 5.42. The number of halogens is 2. The molecule has 0 aliphatic heterocycles. The maximum Gasteiger partial charge on any atom is 0.278 e. The Morgan fingerprint density at radius 2 is 1.73 bits per heavy atom. The van der Waals surface area contributed by atoms with E-state index in [1.165, 1.54) is 0 Å². The molecule has 0 bridgehead atoms. The molecule has 0 N–H and O–H groups in total. The molecule has 0 radical (unpaired) electrons. The topological polar surface area (TPSA) is 9.23 Å². The van der Waals surface area contributed by atoms with Crippen LogP contribution in [0.1, 0.15) is 23.6 Å². The van der Waals surface area contributed by atoms with Crippen molar-refractivity contribution in [3.8, 4) is 5.75 Å². The normalized spacial score (nSPS) is 11.6. The molecular weight excluding hydrogens is 198 g/mol. The molecule has 1 aromatic carbocycles. The van der Waals surface area contributed by atoms with Crippen molar-refractivity contribution in [2.24, 2.45) is 0 Å². The minimum absolute atomic E-state index is 0.541. The molecule has 0 saturated carbocycles. The summed E-state index contributed by atoms with van der Waals surface area (Å²) in [5.74, 6) is -2.25. The van der Waals surface area contributed by atoms with E-state index in [9.17, 15) is 8.78 Å². The lowest BCUT2D eigenvalue weighted by Gasteiger charge is -2.15. The standard InChI is InChI=1S/C12H16F2O/c1-8-5-6-11(10(3)9(8)2)15-7-12(4,13)14/h5-6H,7H2,1-4H3. The first-order valence-corrected chi connectivity index (χ1v) is 4.89. The van der Waals surface area contributed by atoms with Gasteiger partial charge in [-0.3, -0.25) is 0 Å². The maximum absolute atomic E-state index is 12.6. The molecule has 0 saturated heterocycles. The summed E-state index contributed by atoms with van der Waals surface area (Å²) >= 11 is 0. The fourth-order valence-corrected chi connectivity index (χ4v) is 1.29. The van der Waals surface area contributed by atoms with E-state index in [0.717, 1.165) is 23.6 Å². The summed E-state index contributed by atoms with van der Waals surface area (Å²) in [5.41, 5.74) is 3.16. The number of hydrogen-bond donors (Lipinski definition) is 0. The van der Waals surface area contributed by atoms with E-state index in [1.807, 2.05) is 26.8 Å². The Labute approximate surface area is 89.1 Å². The molecule has 0 aliphatic carbocycles. The highest BCUT2D eigenvalue weighted by atomic mass is 19.3. The summed E-state index contributed by atoms with van der Waals surface area (Å²) in [7, 11) is 0. The summed E-state index contributed by atoms with van der Waals surface area (Å²) in [4.78, 5) is 0. The average Bonchev–Trinajstić information content (AvgIpc) is 2.12. The number of alkyl halides is 2. The molecular formula is C12H16F2O. The first-order chi connectivity index (χ1) is 6.81. The Balaban J connectivity index is 2.83. The fraction of sp³-hybridized carbons (Fsp3) is 0.500. The summed E-state index contributed by atoms with van der Waals surface area (Å²) in [6.07, 6.45) is 0. The SMILES string of the molecule is Cc1ccc(OCC(C)(F)F)c(C)c1C. The van der Waals surface area contributed by atoms with Crippen LogP contribution in [0.15, 0.2) is 12.1 Å². The van der Waals surface area contributed by atoms with Crippen LogP contribution >= 0.6 is 0 Å². The Kier molecular flexibility index (Phi) is 3.32. The Hall–Kier alpha value is -1.12. The van der Waals surface area contributed by atoms with Gasteiger partial charge in [-0.25, -0.2) is 8.78 Å². The van der Waals surface area contributed by atoms with Crippen molar-refractivity contribution in [3.63, 3.8) is 0 Å². The monoisotopic (exact) mass is 214 g/mol. The van der Waals surface area contributed by atoms with Gasteiger partial charge in [0.25, 0.3) is 5.92 Å². The van der Waals surface area contributed by atoms with Gasteiger partial charge in [0, 0.05) is 6.92 Å². The van der Waals surface area contributed by atoms with Crippen LogP contribution in [0.2, 0.25) is 0 Å². The molecule has 15 heavy (non-hydrogen) atoms. The van der Waals surface area contributed by atoms with Crippen molar-refractivity contribution < 1.29 is 13.5 Å². The zero-order valence-corrected chi connectivity index (χ0v) is 9.53. The Morgan fingerprint density at radius 1 is 1.13 bits per heavy atom. The Morgan fingerprint density at radius 3 is 2.27 bits per heavy atom. The molecule has 0 fully saturated rings. The number of benzene rings is 1. The van der Waals surface area contributed by atoms with E-state index in [2.05, 4.69) is 0 Å². The average molecular weight is 214 g/mol. The minimum Gasteiger partial charge on any atom is -0.487 e. The smallest absolute Gasteiger partial charge is 0.278 e. The second-order valence-electron chi connectivity index (χ2n) is 3.99. The molecule has 1 nitrogen and oxygen atoms in total. The van der Waals surface area contributed by atoms with Gasteiger partial charge >= 0.3 is 0 Å². The molecule has 0 amide bonds. The zero-order valence-electron chi connectivity index (χ0n) is 9.53. The first-order valence-electron chi connectivity index (χ1n) is 4.89. The first kappa shape index (κ1) is 12.0. The highest BCUT2D eigenvalue weighted by Gasteiger charge is 2.22. The van der Waals surface area contributed by atoms with E-state index >= 15 is 0 Å². The van der Waals surface area contributed by atoms with Gasteiger partial charge in [-0.05, 0) is 43.5 Å². The number of aryl methyl sites for hydroxylation is 1. The molecule has 0 aliphatic rings. The third-order valence-electron chi connectivity index (χ3n) is 2.49. The van der Waals surface area contributed by atoms with Gasteiger partial charge in [-0.2, -0.15) is 0 Å². The molecule has 0 unspecified atom stereocenters. The molecule has 1 aromatic rings. The molecule has 1 rings (SSSR count). The number of hydrogen-bond acceptors (Lipinski definition) is 1.